The molecule has 0 aliphatic heterocycles. The Balaban J connectivity index is 2.13. The molecule has 0 aliphatic carbocycles. The zero-order valence-electron chi connectivity index (χ0n) is 20.9. The number of halogens is 1. The van der Waals surface area contributed by atoms with Crippen LogP contribution in [0.3, 0.4) is 0 Å². The third kappa shape index (κ3) is 6.97. The lowest BCUT2D eigenvalue weighted by Crippen LogP contribution is -2.32. The molecule has 1 unspecified atom stereocenters. The van der Waals surface area contributed by atoms with E-state index < -0.39 is 28.3 Å². The Morgan fingerprint density at radius 1 is 1.06 bits per heavy atom. The van der Waals surface area contributed by atoms with E-state index in [1.165, 1.54) is 34.9 Å². The number of ether oxygens (including phenoxy) is 1. The second-order valence-electron chi connectivity index (χ2n) is 9.45. The molecule has 0 radical (unpaired) electrons. The van der Waals surface area contributed by atoms with E-state index in [0.717, 1.165) is 5.56 Å². The number of amides is 1. The Labute approximate surface area is 211 Å². The summed E-state index contributed by atoms with van der Waals surface area (Å²) in [5.74, 6) is -0.523. The van der Waals surface area contributed by atoms with Crippen LogP contribution in [-0.4, -0.2) is 32.5 Å². The zero-order chi connectivity index (χ0) is 26.6. The first kappa shape index (κ1) is 27.0. The van der Waals surface area contributed by atoms with Gasteiger partial charge in [-0.25, -0.2) is 9.18 Å². The van der Waals surface area contributed by atoms with Crippen molar-refractivity contribution in [3.63, 3.8) is 0 Å². The predicted molar refractivity (Wildman–Crippen MR) is 138 cm³/mol. The molecular weight excluding hydrogens is 483 g/mol. The van der Waals surface area contributed by atoms with Gasteiger partial charge in [-0.2, -0.15) is 0 Å². The van der Waals surface area contributed by atoms with E-state index in [1.807, 2.05) is 0 Å². The van der Waals surface area contributed by atoms with Gasteiger partial charge in [-0.1, -0.05) is 12.1 Å². The lowest BCUT2D eigenvalue weighted by atomic mass is 9.91. The number of aromatic nitrogens is 1. The summed E-state index contributed by atoms with van der Waals surface area (Å²) in [5.41, 5.74) is 1.89. The molecule has 7 nitrogen and oxygen atoms in total. The Bertz CT molecular complexity index is 1370. The standard InChI is InChI=1S/C27H29FN2O5S/c1-27(2,3)35-26(33)29-14-19-13-24(31)30(4)15-23(19)22-12-17(16-36(5)34)6-11-21(22)25(32)18-7-9-20(28)10-8-18/h6-13,15H,14,16H2,1-5H3,(H,29,33). The molecule has 2 aromatic carbocycles. The number of hydrogen-bond acceptors (Lipinski definition) is 5. The van der Waals surface area contributed by atoms with E-state index >= 15 is 0 Å². The molecule has 1 heterocycles. The lowest BCUT2D eigenvalue weighted by molar-refractivity contribution is 0.0523. The maximum absolute atomic E-state index is 13.4. The average molecular weight is 513 g/mol. The van der Waals surface area contributed by atoms with Crippen LogP contribution >= 0.6 is 0 Å². The van der Waals surface area contributed by atoms with Crippen molar-refractivity contribution in [1.29, 1.82) is 0 Å². The molecule has 0 saturated heterocycles. The van der Waals surface area contributed by atoms with Crippen molar-refractivity contribution in [2.45, 2.75) is 38.7 Å². The molecule has 3 rings (SSSR count). The maximum atomic E-state index is 13.4. The van der Waals surface area contributed by atoms with Gasteiger partial charge in [-0.3, -0.25) is 13.8 Å². The average Bonchev–Trinajstić information content (AvgIpc) is 2.78. The summed E-state index contributed by atoms with van der Waals surface area (Å²) >= 11 is 0. The van der Waals surface area contributed by atoms with Gasteiger partial charge in [0.2, 0.25) is 0 Å². The number of nitrogens with one attached hydrogen (secondary N) is 1. The lowest BCUT2D eigenvalue weighted by Gasteiger charge is -2.20. The summed E-state index contributed by atoms with van der Waals surface area (Å²) in [6, 6.07) is 11.7. The summed E-state index contributed by atoms with van der Waals surface area (Å²) in [4.78, 5) is 38.1. The summed E-state index contributed by atoms with van der Waals surface area (Å²) in [5, 5.41) is 2.66. The van der Waals surface area contributed by atoms with Gasteiger partial charge in [0.25, 0.3) is 5.56 Å². The molecule has 9 heteroatoms. The number of carbonyl (C=O) groups is 2. The van der Waals surface area contributed by atoms with Crippen molar-refractivity contribution < 1.29 is 22.9 Å². The van der Waals surface area contributed by atoms with Gasteiger partial charge in [-0.15, -0.1) is 0 Å². The molecule has 1 atom stereocenters. The second kappa shape index (κ2) is 11.0. The van der Waals surface area contributed by atoms with Crippen molar-refractivity contribution in [3.05, 3.63) is 93.2 Å². The van der Waals surface area contributed by atoms with Crippen LogP contribution in [0.15, 0.2) is 59.5 Å². The van der Waals surface area contributed by atoms with Gasteiger partial charge in [0.05, 0.1) is 0 Å². The molecule has 1 N–H and O–H groups in total. The minimum Gasteiger partial charge on any atom is -0.444 e. The van der Waals surface area contributed by atoms with Crippen LogP contribution < -0.4 is 10.9 Å². The molecule has 0 saturated carbocycles. The van der Waals surface area contributed by atoms with E-state index in [9.17, 15) is 23.0 Å². The van der Waals surface area contributed by atoms with E-state index in [1.54, 1.807) is 58.5 Å². The molecule has 1 aromatic heterocycles. The number of ketones is 1. The first-order valence-corrected chi connectivity index (χ1v) is 13.0. The molecule has 0 aliphatic rings. The summed E-state index contributed by atoms with van der Waals surface area (Å²) in [6.07, 6.45) is 2.53. The third-order valence-corrected chi connectivity index (χ3v) is 5.97. The molecule has 0 bridgehead atoms. The summed E-state index contributed by atoms with van der Waals surface area (Å²) < 4.78 is 32.0. The highest BCUT2D eigenvalue weighted by Gasteiger charge is 2.21. The summed E-state index contributed by atoms with van der Waals surface area (Å²) in [7, 11) is 0.461. The fourth-order valence-electron chi connectivity index (χ4n) is 3.63. The van der Waals surface area contributed by atoms with Crippen LogP contribution in [0.4, 0.5) is 9.18 Å². The van der Waals surface area contributed by atoms with E-state index in [-0.39, 0.29) is 23.6 Å². The third-order valence-electron chi connectivity index (χ3n) is 5.23. The van der Waals surface area contributed by atoms with Crippen LogP contribution in [0.1, 0.15) is 47.8 Å². The van der Waals surface area contributed by atoms with Crippen LogP contribution in [0.5, 0.6) is 0 Å². The molecule has 1 amide bonds. The minimum atomic E-state index is -1.13. The van der Waals surface area contributed by atoms with Gasteiger partial charge in [-0.05, 0) is 67.8 Å². The van der Waals surface area contributed by atoms with E-state index in [2.05, 4.69) is 5.32 Å². The van der Waals surface area contributed by atoms with Crippen molar-refractivity contribution in [3.8, 4) is 11.1 Å². The zero-order valence-corrected chi connectivity index (χ0v) is 21.7. The molecular formula is C27H29FN2O5S. The largest absolute Gasteiger partial charge is 0.444 e. The number of aryl methyl sites for hydroxylation is 1. The van der Waals surface area contributed by atoms with E-state index in [0.29, 0.717) is 27.8 Å². The highest BCUT2D eigenvalue weighted by Crippen LogP contribution is 2.30. The topological polar surface area (TPSA) is 94.5 Å². The monoisotopic (exact) mass is 512 g/mol. The number of nitrogens with zero attached hydrogens (tertiary/aromatic N) is 1. The molecule has 0 spiro atoms. The molecule has 3 aromatic rings. The predicted octanol–water partition coefficient (Wildman–Crippen LogP) is 4.33. The second-order valence-corrected chi connectivity index (χ2v) is 10.9. The Kier molecular flexibility index (Phi) is 8.24. The van der Waals surface area contributed by atoms with Crippen LogP contribution in [0.2, 0.25) is 0 Å². The molecule has 36 heavy (non-hydrogen) atoms. The highest BCUT2D eigenvalue weighted by atomic mass is 32.2. The van der Waals surface area contributed by atoms with Crippen LogP contribution in [-0.2, 0) is 34.9 Å². The molecule has 190 valence electrons. The quantitative estimate of drug-likeness (QED) is 0.476. The van der Waals surface area contributed by atoms with Crippen LogP contribution in [0, 0.1) is 5.82 Å². The van der Waals surface area contributed by atoms with Crippen molar-refractivity contribution in [2.24, 2.45) is 7.05 Å². The smallest absolute Gasteiger partial charge is 0.407 e. The maximum Gasteiger partial charge on any atom is 0.407 e. The van der Waals surface area contributed by atoms with Crippen LogP contribution in [0.25, 0.3) is 11.1 Å². The van der Waals surface area contributed by atoms with Gasteiger partial charge in [0, 0.05) is 65.4 Å². The number of benzene rings is 2. The number of alkyl carbamates (subject to hydrolysis) is 1. The van der Waals surface area contributed by atoms with Gasteiger partial charge in [0.1, 0.15) is 11.4 Å². The normalized spacial score (nSPS) is 12.2. The Morgan fingerprint density at radius 2 is 1.72 bits per heavy atom. The minimum absolute atomic E-state index is 0.0194. The first-order chi connectivity index (χ1) is 16.8. The first-order valence-electron chi connectivity index (χ1n) is 11.2. The highest BCUT2D eigenvalue weighted by molar-refractivity contribution is 7.83. The number of rotatable bonds is 7. The van der Waals surface area contributed by atoms with Gasteiger partial charge in [0.15, 0.2) is 5.78 Å². The Morgan fingerprint density at radius 3 is 2.33 bits per heavy atom. The van der Waals surface area contributed by atoms with Gasteiger partial charge < -0.3 is 14.6 Å². The summed E-state index contributed by atoms with van der Waals surface area (Å²) in [6.45, 7) is 5.21. The van der Waals surface area contributed by atoms with Crippen molar-refractivity contribution in [2.75, 3.05) is 6.26 Å². The van der Waals surface area contributed by atoms with Crippen molar-refractivity contribution in [1.82, 2.24) is 9.88 Å². The fraction of sp³-hybridized carbons (Fsp3) is 0.296. The van der Waals surface area contributed by atoms with Gasteiger partial charge >= 0.3 is 6.09 Å². The molecule has 0 fully saturated rings. The van der Waals surface area contributed by atoms with Crippen molar-refractivity contribution >= 4 is 22.7 Å². The fourth-order valence-corrected chi connectivity index (χ4v) is 4.28. The SMILES string of the molecule is Cn1cc(-c2cc(CS(C)=O)ccc2C(=O)c2ccc(F)cc2)c(CNC(=O)OC(C)(C)C)cc1=O. The number of carbonyl (C=O) groups excluding carboxylic acids is 2. The number of hydrogen-bond donors (Lipinski definition) is 1. The Hall–Kier alpha value is -3.59. The van der Waals surface area contributed by atoms with E-state index in [4.69, 9.17) is 4.74 Å². The number of pyridine rings is 1.